The second-order valence-electron chi connectivity index (χ2n) is 10.1. The summed E-state index contributed by atoms with van der Waals surface area (Å²) in [5.74, 6) is 0.456. The van der Waals surface area contributed by atoms with Crippen molar-refractivity contribution >= 4 is 28.5 Å². The van der Waals surface area contributed by atoms with Crippen LogP contribution in [0.15, 0.2) is 66.7 Å². The Kier molecular flexibility index (Phi) is 8.18. The molecule has 9 nitrogen and oxygen atoms in total. The highest BCUT2D eigenvalue weighted by molar-refractivity contribution is 6.02. The van der Waals surface area contributed by atoms with Gasteiger partial charge in [-0.1, -0.05) is 42.5 Å². The van der Waals surface area contributed by atoms with Crippen LogP contribution in [0.2, 0.25) is 0 Å². The van der Waals surface area contributed by atoms with Crippen LogP contribution in [0, 0.1) is 6.92 Å². The first kappa shape index (κ1) is 27.6. The van der Waals surface area contributed by atoms with Gasteiger partial charge in [-0.15, -0.1) is 5.10 Å². The first-order valence-corrected chi connectivity index (χ1v) is 12.9. The number of carbonyl (C=O) groups excluding carboxylic acids is 2. The number of fused-ring (bicyclic) bond motifs is 1. The lowest BCUT2D eigenvalue weighted by Gasteiger charge is -2.35. The summed E-state index contributed by atoms with van der Waals surface area (Å²) in [5.41, 5.74) is 2.93. The highest BCUT2D eigenvalue weighted by atomic mass is 16.5. The quantitative estimate of drug-likeness (QED) is 0.316. The van der Waals surface area contributed by atoms with E-state index in [1.807, 2.05) is 64.1 Å². The molecule has 0 unspecified atom stereocenters. The third-order valence-corrected chi connectivity index (χ3v) is 6.85. The lowest BCUT2D eigenvalue weighted by Crippen LogP contribution is -2.51. The van der Waals surface area contributed by atoms with Crippen molar-refractivity contribution in [3.63, 3.8) is 0 Å². The second kappa shape index (κ2) is 11.6. The van der Waals surface area contributed by atoms with E-state index >= 15 is 0 Å². The normalized spacial score (nSPS) is 12.2. The number of nitrogens with one attached hydrogen (secondary N) is 1. The van der Waals surface area contributed by atoms with Gasteiger partial charge in [-0.25, -0.2) is 4.68 Å². The second-order valence-corrected chi connectivity index (χ2v) is 10.1. The molecule has 204 valence electrons. The minimum atomic E-state index is -1.00. The molecular weight excluding hydrogens is 494 g/mol. The monoisotopic (exact) mass is 529 g/mol. The fourth-order valence-corrected chi connectivity index (χ4v) is 4.34. The molecule has 3 aromatic carbocycles. The molecule has 0 aliphatic heterocycles. The van der Waals surface area contributed by atoms with Crippen molar-refractivity contribution < 1.29 is 19.1 Å². The minimum Gasteiger partial charge on any atom is -0.497 e. The Morgan fingerprint density at radius 2 is 1.74 bits per heavy atom. The Balaban J connectivity index is 1.88. The molecule has 1 aromatic heterocycles. The highest BCUT2D eigenvalue weighted by Crippen LogP contribution is 2.37. The number of aromatic nitrogens is 3. The number of hydrogen-bond acceptors (Lipinski definition) is 6. The molecule has 1 heterocycles. The zero-order valence-corrected chi connectivity index (χ0v) is 23.3. The summed E-state index contributed by atoms with van der Waals surface area (Å²) in [5, 5.41) is 11.5. The Labute approximate surface area is 228 Å². The number of methoxy groups -OCH3 is 2. The number of anilines is 1. The number of hydrogen-bond donors (Lipinski definition) is 1. The fraction of sp³-hybridized carbons (Fsp3) is 0.333. The molecule has 0 bridgehead atoms. The minimum absolute atomic E-state index is 0.130. The molecule has 0 saturated carbocycles. The van der Waals surface area contributed by atoms with Crippen molar-refractivity contribution in [2.24, 2.45) is 0 Å². The van der Waals surface area contributed by atoms with E-state index in [0.29, 0.717) is 34.7 Å². The third-order valence-electron chi connectivity index (χ3n) is 6.85. The Morgan fingerprint density at radius 3 is 2.41 bits per heavy atom. The van der Waals surface area contributed by atoms with Gasteiger partial charge in [0.15, 0.2) is 0 Å². The van der Waals surface area contributed by atoms with Gasteiger partial charge in [0.05, 0.1) is 25.4 Å². The summed E-state index contributed by atoms with van der Waals surface area (Å²) < 4.78 is 12.6. The molecule has 1 atom stereocenters. The maximum Gasteiger partial charge on any atom is 0.249 e. The van der Waals surface area contributed by atoms with Crippen LogP contribution in [0.5, 0.6) is 11.5 Å². The Hall–Kier alpha value is -4.40. The lowest BCUT2D eigenvalue weighted by atomic mass is 9.98. The standard InChI is InChI=1S/C30H35N5O4/c1-7-30(3,4)31-29(37)28(21-13-15-22(38-5)16-14-21)35(25-18-20(2)12-17-26(25)39-6)27(36)19-34-24-11-9-8-10-23(24)32-33-34/h8-18,28H,7,19H2,1-6H3,(H,31,37)/t28-/m1/s1. The van der Waals surface area contributed by atoms with Crippen LogP contribution >= 0.6 is 0 Å². The summed E-state index contributed by atoms with van der Waals surface area (Å²) in [6.45, 7) is 7.72. The molecule has 39 heavy (non-hydrogen) atoms. The molecule has 0 saturated heterocycles. The van der Waals surface area contributed by atoms with Crippen molar-refractivity contribution in [3.05, 3.63) is 77.9 Å². The molecule has 0 aliphatic rings. The van der Waals surface area contributed by atoms with Crippen molar-refractivity contribution in [2.45, 2.75) is 52.2 Å². The van der Waals surface area contributed by atoms with E-state index in [-0.39, 0.29) is 18.4 Å². The van der Waals surface area contributed by atoms with Crippen molar-refractivity contribution in [1.82, 2.24) is 20.3 Å². The molecule has 2 amide bonds. The SMILES string of the molecule is CCC(C)(C)NC(=O)[C@@H](c1ccc(OC)cc1)N(C(=O)Cn1nnc2ccccc21)c1cc(C)ccc1OC. The van der Waals surface area contributed by atoms with Gasteiger partial charge in [0.2, 0.25) is 11.8 Å². The number of amides is 2. The number of carbonyl (C=O) groups is 2. The average molecular weight is 530 g/mol. The van der Waals surface area contributed by atoms with E-state index in [2.05, 4.69) is 15.6 Å². The number of nitrogens with zero attached hydrogens (tertiary/aromatic N) is 4. The first-order chi connectivity index (χ1) is 18.7. The van der Waals surface area contributed by atoms with Crippen molar-refractivity contribution in [3.8, 4) is 11.5 Å². The van der Waals surface area contributed by atoms with E-state index in [0.717, 1.165) is 11.1 Å². The van der Waals surface area contributed by atoms with Gasteiger partial charge in [0.1, 0.15) is 29.6 Å². The van der Waals surface area contributed by atoms with E-state index < -0.39 is 11.6 Å². The molecular formula is C30H35N5O4. The van der Waals surface area contributed by atoms with Gasteiger partial charge in [-0.2, -0.15) is 0 Å². The lowest BCUT2D eigenvalue weighted by molar-refractivity contribution is -0.128. The summed E-state index contributed by atoms with van der Waals surface area (Å²) >= 11 is 0. The fourth-order valence-electron chi connectivity index (χ4n) is 4.34. The predicted octanol–water partition coefficient (Wildman–Crippen LogP) is 4.84. The number of para-hydroxylation sites is 1. The van der Waals surface area contributed by atoms with E-state index in [1.54, 1.807) is 49.2 Å². The molecule has 0 spiro atoms. The highest BCUT2D eigenvalue weighted by Gasteiger charge is 2.36. The zero-order chi connectivity index (χ0) is 28.2. The van der Waals surface area contributed by atoms with Gasteiger partial charge in [-0.3, -0.25) is 14.5 Å². The van der Waals surface area contributed by atoms with Crippen molar-refractivity contribution in [2.75, 3.05) is 19.1 Å². The predicted molar refractivity (Wildman–Crippen MR) is 151 cm³/mol. The molecule has 4 rings (SSSR count). The van der Waals surface area contributed by atoms with Crippen LogP contribution in [0.25, 0.3) is 11.0 Å². The number of benzene rings is 3. The van der Waals surface area contributed by atoms with Crippen LogP contribution in [0.1, 0.15) is 44.4 Å². The number of aryl methyl sites for hydroxylation is 1. The summed E-state index contributed by atoms with van der Waals surface area (Å²) in [6, 6.07) is 19.1. The summed E-state index contributed by atoms with van der Waals surface area (Å²) in [7, 11) is 3.13. The molecule has 9 heteroatoms. The van der Waals surface area contributed by atoms with Gasteiger partial charge in [0, 0.05) is 5.54 Å². The van der Waals surface area contributed by atoms with Crippen LogP contribution < -0.4 is 19.7 Å². The van der Waals surface area contributed by atoms with Crippen LogP contribution in [-0.4, -0.2) is 46.6 Å². The van der Waals surface area contributed by atoms with Gasteiger partial charge in [-0.05, 0) is 74.7 Å². The molecule has 0 fully saturated rings. The van der Waals surface area contributed by atoms with Crippen LogP contribution in [-0.2, 0) is 16.1 Å². The Morgan fingerprint density at radius 1 is 1.03 bits per heavy atom. The zero-order valence-electron chi connectivity index (χ0n) is 23.3. The third kappa shape index (κ3) is 6.03. The number of ether oxygens (including phenoxy) is 2. The largest absolute Gasteiger partial charge is 0.497 e. The van der Waals surface area contributed by atoms with E-state index in [1.165, 1.54) is 4.90 Å². The van der Waals surface area contributed by atoms with Crippen LogP contribution in [0.4, 0.5) is 5.69 Å². The molecule has 0 aliphatic carbocycles. The average Bonchev–Trinajstić information content (AvgIpc) is 3.34. The maximum atomic E-state index is 14.3. The Bertz CT molecular complexity index is 1460. The molecule has 1 N–H and O–H groups in total. The summed E-state index contributed by atoms with van der Waals surface area (Å²) in [4.78, 5) is 29.9. The van der Waals surface area contributed by atoms with Gasteiger partial charge < -0.3 is 14.8 Å². The van der Waals surface area contributed by atoms with E-state index in [9.17, 15) is 9.59 Å². The van der Waals surface area contributed by atoms with Gasteiger partial charge in [0.25, 0.3) is 0 Å². The first-order valence-electron chi connectivity index (χ1n) is 12.9. The maximum absolute atomic E-state index is 14.3. The van der Waals surface area contributed by atoms with Crippen molar-refractivity contribution in [1.29, 1.82) is 0 Å². The number of rotatable bonds is 10. The molecule has 0 radical (unpaired) electrons. The summed E-state index contributed by atoms with van der Waals surface area (Å²) in [6.07, 6.45) is 0.709. The topological polar surface area (TPSA) is 98.6 Å². The molecule has 4 aromatic rings. The van der Waals surface area contributed by atoms with Crippen LogP contribution in [0.3, 0.4) is 0 Å². The van der Waals surface area contributed by atoms with Gasteiger partial charge >= 0.3 is 0 Å². The van der Waals surface area contributed by atoms with E-state index in [4.69, 9.17) is 9.47 Å². The smallest absolute Gasteiger partial charge is 0.249 e.